The van der Waals surface area contributed by atoms with E-state index in [0.717, 1.165) is 44.9 Å². The molecule has 3 nitrogen and oxygen atoms in total. The predicted molar refractivity (Wildman–Crippen MR) is 87.8 cm³/mol. The van der Waals surface area contributed by atoms with E-state index in [-0.39, 0.29) is 22.2 Å². The molecule has 0 heterocycles. The molecule has 126 valence electrons. The Morgan fingerprint density at radius 1 is 1.17 bits per heavy atom. The van der Waals surface area contributed by atoms with Crippen molar-refractivity contribution in [2.45, 2.75) is 65.2 Å². The molecule has 0 aromatic rings. The zero-order valence-electron chi connectivity index (χ0n) is 14.3. The van der Waals surface area contributed by atoms with Crippen LogP contribution in [0.4, 0.5) is 0 Å². The van der Waals surface area contributed by atoms with Crippen molar-refractivity contribution in [2.24, 2.45) is 34.0 Å². The molecule has 1 N–H and O–H groups in total. The molecular formula is C20H28O3. The summed E-state index contributed by atoms with van der Waals surface area (Å²) in [5.41, 5.74) is 0.803. The first-order valence-electron chi connectivity index (χ1n) is 9.27. The molecule has 3 heteroatoms. The van der Waals surface area contributed by atoms with Crippen molar-refractivity contribution in [3.63, 3.8) is 0 Å². The Bertz CT molecular complexity index is 594. The fourth-order valence-corrected chi connectivity index (χ4v) is 7.36. The van der Waals surface area contributed by atoms with E-state index >= 15 is 0 Å². The summed E-state index contributed by atoms with van der Waals surface area (Å²) in [4.78, 5) is 23.5. The first-order chi connectivity index (χ1) is 10.8. The van der Waals surface area contributed by atoms with Crippen molar-refractivity contribution >= 4 is 12.3 Å². The number of hydrogen-bond acceptors (Lipinski definition) is 2. The number of carboxylic acid groups (broad SMARTS) is 1. The molecule has 4 aliphatic rings. The van der Waals surface area contributed by atoms with Crippen molar-refractivity contribution in [3.8, 4) is 0 Å². The second kappa shape index (κ2) is 4.70. The highest BCUT2D eigenvalue weighted by Crippen LogP contribution is 2.70. The van der Waals surface area contributed by atoms with Gasteiger partial charge in [-0.15, -0.1) is 0 Å². The lowest BCUT2D eigenvalue weighted by Crippen LogP contribution is -2.56. The van der Waals surface area contributed by atoms with Gasteiger partial charge in [-0.2, -0.15) is 0 Å². The standard InChI is InChI=1S/C20H28O3/c1-18(12-21)7-3-8-19(2)15(18)6-9-20-10-13(4-5-16(19)20)14(11-20)17(22)23/h11-13,15-16H,3-10H2,1-2H3,(H,22,23)/t13-,15?,16?,18+,19-,20+/m1/s1. The Labute approximate surface area is 138 Å². The molecule has 4 aliphatic carbocycles. The largest absolute Gasteiger partial charge is 0.478 e. The Morgan fingerprint density at radius 3 is 2.65 bits per heavy atom. The maximum Gasteiger partial charge on any atom is 0.331 e. The van der Waals surface area contributed by atoms with Crippen LogP contribution in [0.25, 0.3) is 0 Å². The van der Waals surface area contributed by atoms with Crippen LogP contribution in [0, 0.1) is 34.0 Å². The van der Waals surface area contributed by atoms with E-state index in [1.807, 2.05) is 0 Å². The van der Waals surface area contributed by atoms with Gasteiger partial charge in [0.2, 0.25) is 0 Å². The van der Waals surface area contributed by atoms with E-state index < -0.39 is 5.97 Å². The smallest absolute Gasteiger partial charge is 0.331 e. The third-order valence-electron chi connectivity index (χ3n) is 8.24. The number of fused-ring (bicyclic) bond motifs is 3. The van der Waals surface area contributed by atoms with Crippen LogP contribution in [0.3, 0.4) is 0 Å². The number of allylic oxidation sites excluding steroid dienone is 1. The average molecular weight is 316 g/mol. The van der Waals surface area contributed by atoms with Crippen LogP contribution in [0.2, 0.25) is 0 Å². The maximum atomic E-state index is 11.8. The number of carbonyl (C=O) groups is 2. The molecule has 0 saturated heterocycles. The molecule has 3 saturated carbocycles. The van der Waals surface area contributed by atoms with E-state index in [1.54, 1.807) is 0 Å². The summed E-state index contributed by atoms with van der Waals surface area (Å²) in [6, 6.07) is 0. The van der Waals surface area contributed by atoms with E-state index in [0.29, 0.717) is 17.4 Å². The van der Waals surface area contributed by atoms with Crippen molar-refractivity contribution in [1.82, 2.24) is 0 Å². The van der Waals surface area contributed by atoms with Gasteiger partial charge in [0, 0.05) is 11.0 Å². The molecule has 0 amide bonds. The number of carbonyl (C=O) groups excluding carboxylic acids is 1. The molecule has 0 radical (unpaired) electrons. The van der Waals surface area contributed by atoms with Gasteiger partial charge in [0.25, 0.3) is 0 Å². The highest BCUT2D eigenvalue weighted by molar-refractivity contribution is 5.88. The lowest BCUT2D eigenvalue weighted by Gasteiger charge is -2.63. The Balaban J connectivity index is 1.76. The van der Waals surface area contributed by atoms with E-state index in [2.05, 4.69) is 19.9 Å². The van der Waals surface area contributed by atoms with Crippen LogP contribution < -0.4 is 0 Å². The van der Waals surface area contributed by atoms with Gasteiger partial charge in [-0.25, -0.2) is 4.79 Å². The monoisotopic (exact) mass is 316 g/mol. The molecule has 0 aliphatic heterocycles. The summed E-state index contributed by atoms with van der Waals surface area (Å²) in [6.07, 6.45) is 12.1. The maximum absolute atomic E-state index is 11.8. The Morgan fingerprint density at radius 2 is 1.96 bits per heavy atom. The molecular weight excluding hydrogens is 288 g/mol. The summed E-state index contributed by atoms with van der Waals surface area (Å²) in [7, 11) is 0. The second-order valence-electron chi connectivity index (χ2n) is 9.24. The fraction of sp³-hybridized carbons (Fsp3) is 0.800. The van der Waals surface area contributed by atoms with Gasteiger partial charge in [0.1, 0.15) is 6.29 Å². The van der Waals surface area contributed by atoms with Gasteiger partial charge in [0.15, 0.2) is 0 Å². The van der Waals surface area contributed by atoms with Crippen LogP contribution in [-0.4, -0.2) is 17.4 Å². The van der Waals surface area contributed by atoms with E-state index in [1.165, 1.54) is 12.7 Å². The summed E-state index contributed by atoms with van der Waals surface area (Å²) >= 11 is 0. The third kappa shape index (κ3) is 1.88. The van der Waals surface area contributed by atoms with Gasteiger partial charge in [-0.05, 0) is 73.5 Å². The molecule has 2 bridgehead atoms. The number of aliphatic carboxylic acids is 1. The van der Waals surface area contributed by atoms with Crippen molar-refractivity contribution < 1.29 is 14.7 Å². The van der Waals surface area contributed by atoms with Gasteiger partial charge in [-0.1, -0.05) is 26.3 Å². The lowest BCUT2D eigenvalue weighted by molar-refractivity contribution is -0.151. The van der Waals surface area contributed by atoms with Gasteiger partial charge in [0.05, 0.1) is 0 Å². The third-order valence-corrected chi connectivity index (χ3v) is 8.24. The number of rotatable bonds is 2. The molecule has 4 rings (SSSR count). The van der Waals surface area contributed by atoms with Crippen LogP contribution in [0.1, 0.15) is 65.2 Å². The van der Waals surface area contributed by atoms with Crippen molar-refractivity contribution in [3.05, 3.63) is 11.6 Å². The van der Waals surface area contributed by atoms with Crippen molar-refractivity contribution in [2.75, 3.05) is 0 Å². The molecule has 2 unspecified atom stereocenters. The minimum atomic E-state index is -0.707. The SMILES string of the molecule is C[C@@]12CCC[C@@](C)(C=O)C1CC[C@]13C=C(C(=O)O)[C@H](CCC12)C3. The molecule has 1 spiro atoms. The first kappa shape index (κ1) is 15.4. The quantitative estimate of drug-likeness (QED) is 0.776. The Hall–Kier alpha value is -1.12. The summed E-state index contributed by atoms with van der Waals surface area (Å²) in [5.74, 6) is 0.586. The summed E-state index contributed by atoms with van der Waals surface area (Å²) in [6.45, 7) is 4.58. The average Bonchev–Trinajstić information content (AvgIpc) is 2.78. The van der Waals surface area contributed by atoms with E-state index in [9.17, 15) is 14.7 Å². The molecule has 0 aromatic carbocycles. The van der Waals surface area contributed by atoms with Gasteiger partial charge >= 0.3 is 5.97 Å². The van der Waals surface area contributed by atoms with Gasteiger partial charge in [-0.3, -0.25) is 0 Å². The number of hydrogen-bond donors (Lipinski definition) is 1. The highest BCUT2D eigenvalue weighted by Gasteiger charge is 2.63. The molecule has 23 heavy (non-hydrogen) atoms. The summed E-state index contributed by atoms with van der Waals surface area (Å²) < 4.78 is 0. The van der Waals surface area contributed by atoms with Crippen LogP contribution in [-0.2, 0) is 9.59 Å². The zero-order chi connectivity index (χ0) is 16.5. The number of aldehydes is 1. The topological polar surface area (TPSA) is 54.4 Å². The normalized spacial score (nSPS) is 51.4. The minimum absolute atomic E-state index is 0.100. The molecule has 0 aromatic heterocycles. The van der Waals surface area contributed by atoms with Crippen LogP contribution in [0.15, 0.2) is 11.6 Å². The van der Waals surface area contributed by atoms with Crippen LogP contribution >= 0.6 is 0 Å². The first-order valence-corrected chi connectivity index (χ1v) is 9.27. The molecule has 6 atom stereocenters. The van der Waals surface area contributed by atoms with Crippen molar-refractivity contribution in [1.29, 1.82) is 0 Å². The zero-order valence-corrected chi connectivity index (χ0v) is 14.3. The van der Waals surface area contributed by atoms with Crippen LogP contribution in [0.5, 0.6) is 0 Å². The minimum Gasteiger partial charge on any atom is -0.478 e. The number of carboxylic acids is 1. The predicted octanol–water partition coefficient (Wildman–Crippen LogP) is 4.22. The van der Waals surface area contributed by atoms with Gasteiger partial charge < -0.3 is 9.90 Å². The Kier molecular flexibility index (Phi) is 3.15. The fourth-order valence-electron chi connectivity index (χ4n) is 7.36. The molecule has 3 fully saturated rings. The lowest BCUT2D eigenvalue weighted by atomic mass is 9.41. The second-order valence-corrected chi connectivity index (χ2v) is 9.24. The highest BCUT2D eigenvalue weighted by atomic mass is 16.4. The summed E-state index contributed by atoms with van der Waals surface area (Å²) in [5, 5.41) is 9.55. The van der Waals surface area contributed by atoms with E-state index in [4.69, 9.17) is 0 Å².